The lowest BCUT2D eigenvalue weighted by Crippen LogP contribution is -2.17. The van der Waals surface area contributed by atoms with E-state index in [9.17, 15) is 4.79 Å². The van der Waals surface area contributed by atoms with Crippen molar-refractivity contribution in [1.82, 2.24) is 0 Å². The minimum atomic E-state index is -0.378. The molecular formula is C13H15Br3O4. The van der Waals surface area contributed by atoms with Crippen molar-refractivity contribution < 1.29 is 19.0 Å². The number of alkyl halides is 2. The molecule has 0 aliphatic heterocycles. The largest absolute Gasteiger partial charge is 0.493 e. The number of halogens is 3. The zero-order chi connectivity index (χ0) is 15.3. The smallest absolute Gasteiger partial charge is 0.319 e. The fourth-order valence-corrected chi connectivity index (χ4v) is 4.36. The summed E-state index contributed by atoms with van der Waals surface area (Å²) in [6.45, 7) is 0. The van der Waals surface area contributed by atoms with Crippen LogP contribution in [0.4, 0.5) is 0 Å². The molecule has 0 heterocycles. The molecule has 1 rings (SSSR count). The van der Waals surface area contributed by atoms with E-state index in [0.29, 0.717) is 17.9 Å². The van der Waals surface area contributed by atoms with E-state index in [1.165, 1.54) is 7.11 Å². The summed E-state index contributed by atoms with van der Waals surface area (Å²) in [4.78, 5) is 11.0. The normalized spacial score (nSPS) is 13.5. The number of methoxy groups -OCH3 is 3. The minimum Gasteiger partial charge on any atom is -0.493 e. The first-order chi connectivity index (χ1) is 9.44. The lowest BCUT2D eigenvalue weighted by Gasteiger charge is -2.17. The van der Waals surface area contributed by atoms with Gasteiger partial charge in [-0.3, -0.25) is 4.79 Å². The highest BCUT2D eigenvalue weighted by Crippen LogP contribution is 2.41. The van der Waals surface area contributed by atoms with Crippen LogP contribution in [0.1, 0.15) is 16.8 Å². The van der Waals surface area contributed by atoms with Crippen LogP contribution in [0.25, 0.3) is 0 Å². The molecule has 0 amide bonds. The van der Waals surface area contributed by atoms with Crippen molar-refractivity contribution in [2.24, 2.45) is 0 Å². The Bertz CT molecular complexity index is 479. The topological polar surface area (TPSA) is 44.8 Å². The van der Waals surface area contributed by atoms with Crippen LogP contribution in [0.5, 0.6) is 11.5 Å². The Morgan fingerprint density at radius 3 is 2.20 bits per heavy atom. The third-order valence-electron chi connectivity index (χ3n) is 2.71. The van der Waals surface area contributed by atoms with Gasteiger partial charge in [-0.1, -0.05) is 47.8 Å². The molecule has 0 unspecified atom stereocenters. The van der Waals surface area contributed by atoms with Gasteiger partial charge in [0, 0.05) is 9.30 Å². The molecule has 0 saturated carbocycles. The average Bonchev–Trinajstić information content (AvgIpc) is 2.45. The molecule has 0 spiro atoms. The van der Waals surface area contributed by atoms with Gasteiger partial charge < -0.3 is 14.2 Å². The molecule has 1 aromatic carbocycles. The van der Waals surface area contributed by atoms with Gasteiger partial charge in [-0.05, 0) is 24.1 Å². The van der Waals surface area contributed by atoms with E-state index in [-0.39, 0.29) is 15.6 Å². The third kappa shape index (κ3) is 4.36. The van der Waals surface area contributed by atoms with Gasteiger partial charge in [0.05, 0.1) is 21.3 Å². The SMILES string of the molecule is COC(=O)[C@H](Br)C[C@@H](Br)c1cc(OC)c(OC)cc1Br. The van der Waals surface area contributed by atoms with Crippen LogP contribution >= 0.6 is 47.8 Å². The van der Waals surface area contributed by atoms with E-state index in [1.54, 1.807) is 14.2 Å². The van der Waals surface area contributed by atoms with E-state index >= 15 is 0 Å². The number of esters is 1. The van der Waals surface area contributed by atoms with Crippen LogP contribution in [-0.4, -0.2) is 32.1 Å². The molecule has 112 valence electrons. The average molecular weight is 475 g/mol. The number of hydrogen-bond acceptors (Lipinski definition) is 4. The highest BCUT2D eigenvalue weighted by Gasteiger charge is 2.23. The Morgan fingerprint density at radius 1 is 1.15 bits per heavy atom. The van der Waals surface area contributed by atoms with Crippen molar-refractivity contribution in [3.8, 4) is 11.5 Å². The molecule has 0 bridgehead atoms. The zero-order valence-electron chi connectivity index (χ0n) is 11.3. The Labute approximate surface area is 143 Å². The number of rotatable bonds is 6. The second-order valence-electron chi connectivity index (χ2n) is 3.92. The van der Waals surface area contributed by atoms with Crippen molar-refractivity contribution in [3.05, 3.63) is 22.2 Å². The first kappa shape index (κ1) is 17.8. The minimum absolute atomic E-state index is 0.0415. The fourth-order valence-electron chi connectivity index (χ4n) is 1.64. The molecular weight excluding hydrogens is 460 g/mol. The van der Waals surface area contributed by atoms with Crippen LogP contribution in [0, 0.1) is 0 Å². The van der Waals surface area contributed by atoms with Crippen molar-refractivity contribution in [3.63, 3.8) is 0 Å². The number of hydrogen-bond donors (Lipinski definition) is 0. The maximum absolute atomic E-state index is 11.4. The number of carbonyl (C=O) groups is 1. The summed E-state index contributed by atoms with van der Waals surface area (Å²) in [6.07, 6.45) is 0.542. The van der Waals surface area contributed by atoms with Gasteiger partial charge >= 0.3 is 5.97 Å². The van der Waals surface area contributed by atoms with Gasteiger partial charge in [0.2, 0.25) is 0 Å². The van der Waals surface area contributed by atoms with Gasteiger partial charge in [-0.2, -0.15) is 0 Å². The number of ether oxygens (including phenoxy) is 3. The first-order valence-corrected chi connectivity index (χ1v) is 8.34. The summed E-state index contributed by atoms with van der Waals surface area (Å²) in [5.41, 5.74) is 0.969. The second kappa shape index (κ2) is 8.24. The molecule has 7 heteroatoms. The monoisotopic (exact) mass is 472 g/mol. The number of benzene rings is 1. The molecule has 0 aliphatic carbocycles. The van der Waals surface area contributed by atoms with Gasteiger partial charge in [0.15, 0.2) is 11.5 Å². The summed E-state index contributed by atoms with van der Waals surface area (Å²) in [7, 11) is 4.54. The van der Waals surface area contributed by atoms with Gasteiger partial charge in [-0.15, -0.1) is 0 Å². The highest BCUT2D eigenvalue weighted by molar-refractivity contribution is 9.11. The van der Waals surface area contributed by atoms with Gasteiger partial charge in [-0.25, -0.2) is 0 Å². The quantitative estimate of drug-likeness (QED) is 0.457. The van der Waals surface area contributed by atoms with Crippen LogP contribution in [-0.2, 0) is 9.53 Å². The molecule has 4 nitrogen and oxygen atoms in total. The van der Waals surface area contributed by atoms with E-state index < -0.39 is 0 Å². The second-order valence-corrected chi connectivity index (χ2v) is 6.99. The number of carbonyl (C=O) groups excluding carboxylic acids is 1. The predicted octanol–water partition coefficient (Wildman–Crippen LogP) is 4.23. The van der Waals surface area contributed by atoms with Crippen LogP contribution in [0.15, 0.2) is 16.6 Å². The first-order valence-electron chi connectivity index (χ1n) is 5.72. The highest BCUT2D eigenvalue weighted by atomic mass is 79.9. The third-order valence-corrected chi connectivity index (χ3v) is 5.01. The molecule has 20 heavy (non-hydrogen) atoms. The lowest BCUT2D eigenvalue weighted by molar-refractivity contribution is -0.139. The van der Waals surface area contributed by atoms with Crippen molar-refractivity contribution >= 4 is 53.8 Å². The molecule has 2 atom stereocenters. The van der Waals surface area contributed by atoms with E-state index in [1.807, 2.05) is 12.1 Å². The Hall–Kier alpha value is -0.270. The molecule has 0 fully saturated rings. The van der Waals surface area contributed by atoms with Gasteiger partial charge in [0.1, 0.15) is 4.83 Å². The standard InChI is InChI=1S/C13H15Br3O4/c1-18-11-4-7(9(15)6-12(11)19-2)8(14)5-10(16)13(17)20-3/h4,6,8,10H,5H2,1-3H3/t8-,10-/m1/s1. The van der Waals surface area contributed by atoms with Crippen molar-refractivity contribution in [2.45, 2.75) is 16.1 Å². The predicted molar refractivity (Wildman–Crippen MR) is 88.3 cm³/mol. The van der Waals surface area contributed by atoms with Gasteiger partial charge in [0.25, 0.3) is 0 Å². The Morgan fingerprint density at radius 2 is 1.70 bits per heavy atom. The lowest BCUT2D eigenvalue weighted by atomic mass is 10.1. The van der Waals surface area contributed by atoms with Crippen LogP contribution < -0.4 is 9.47 Å². The zero-order valence-corrected chi connectivity index (χ0v) is 16.0. The summed E-state index contributed by atoms with van der Waals surface area (Å²) in [5, 5.41) is 0. The van der Waals surface area contributed by atoms with E-state index in [4.69, 9.17) is 14.2 Å². The fraction of sp³-hybridized carbons (Fsp3) is 0.462. The van der Waals surface area contributed by atoms with Crippen molar-refractivity contribution in [2.75, 3.05) is 21.3 Å². The van der Waals surface area contributed by atoms with E-state index in [2.05, 4.69) is 47.8 Å². The van der Waals surface area contributed by atoms with E-state index in [0.717, 1.165) is 10.0 Å². The summed E-state index contributed by atoms with van der Waals surface area (Å²) >= 11 is 10.4. The maximum Gasteiger partial charge on any atom is 0.319 e. The van der Waals surface area contributed by atoms with Crippen LogP contribution in [0.3, 0.4) is 0 Å². The molecule has 0 aromatic heterocycles. The van der Waals surface area contributed by atoms with Crippen LogP contribution in [0.2, 0.25) is 0 Å². The van der Waals surface area contributed by atoms with Crippen molar-refractivity contribution in [1.29, 1.82) is 0 Å². The summed E-state index contributed by atoms with van der Waals surface area (Å²) in [5.74, 6) is 0.983. The molecule has 0 N–H and O–H groups in total. The Balaban J connectivity index is 2.98. The molecule has 0 radical (unpaired) electrons. The molecule has 1 aromatic rings. The molecule has 0 saturated heterocycles. The molecule has 0 aliphatic rings. The maximum atomic E-state index is 11.4. The Kier molecular flexibility index (Phi) is 7.33. The summed E-state index contributed by atoms with van der Waals surface area (Å²) < 4.78 is 16.1. The summed E-state index contributed by atoms with van der Waals surface area (Å²) in [6, 6.07) is 3.71.